The van der Waals surface area contributed by atoms with E-state index >= 15 is 0 Å². The van der Waals surface area contributed by atoms with Crippen LogP contribution >= 0.6 is 0 Å². The Morgan fingerprint density at radius 2 is 2.26 bits per heavy atom. The Kier molecular flexibility index (Phi) is 4.32. The van der Waals surface area contributed by atoms with E-state index in [1.54, 1.807) is 0 Å². The Labute approximate surface area is 135 Å². The summed E-state index contributed by atoms with van der Waals surface area (Å²) in [6.07, 6.45) is 2.68. The number of anilines is 2. The molecule has 0 radical (unpaired) electrons. The molecule has 0 aliphatic carbocycles. The fourth-order valence-corrected chi connectivity index (χ4v) is 2.86. The molecule has 3 rings (SSSR count). The maximum Gasteiger partial charge on any atom is 0.227 e. The predicted molar refractivity (Wildman–Crippen MR) is 88.2 cm³/mol. The molecule has 1 aromatic heterocycles. The van der Waals surface area contributed by atoms with E-state index in [9.17, 15) is 4.79 Å². The van der Waals surface area contributed by atoms with Gasteiger partial charge in [-0.25, -0.2) is 0 Å². The zero-order valence-electron chi connectivity index (χ0n) is 13.6. The van der Waals surface area contributed by atoms with Crippen LogP contribution in [0.1, 0.15) is 49.9 Å². The first-order valence-electron chi connectivity index (χ1n) is 8.06. The quantitative estimate of drug-likeness (QED) is 0.877. The number of aromatic nitrogens is 2. The van der Waals surface area contributed by atoms with Crippen LogP contribution in [0.2, 0.25) is 0 Å². The van der Waals surface area contributed by atoms with E-state index in [0.29, 0.717) is 24.6 Å². The molecule has 1 aliphatic heterocycles. The Balaban J connectivity index is 1.68. The summed E-state index contributed by atoms with van der Waals surface area (Å²) in [7, 11) is 0. The van der Waals surface area contributed by atoms with Gasteiger partial charge in [-0.3, -0.25) is 4.79 Å². The van der Waals surface area contributed by atoms with Crippen molar-refractivity contribution in [1.29, 1.82) is 0 Å². The van der Waals surface area contributed by atoms with Crippen LogP contribution in [0.25, 0.3) is 0 Å². The summed E-state index contributed by atoms with van der Waals surface area (Å²) in [4.78, 5) is 18.7. The van der Waals surface area contributed by atoms with Gasteiger partial charge in [0, 0.05) is 36.7 Å². The van der Waals surface area contributed by atoms with E-state index < -0.39 is 0 Å². The number of carbonyl (C=O) groups is 1. The Morgan fingerprint density at radius 3 is 3.00 bits per heavy atom. The molecule has 122 valence electrons. The zero-order valence-corrected chi connectivity index (χ0v) is 13.6. The van der Waals surface area contributed by atoms with Crippen molar-refractivity contribution in [2.75, 3.05) is 17.2 Å². The van der Waals surface area contributed by atoms with Gasteiger partial charge >= 0.3 is 0 Å². The second kappa shape index (κ2) is 6.40. The molecule has 0 fully saturated rings. The molecule has 2 aromatic rings. The van der Waals surface area contributed by atoms with Crippen molar-refractivity contribution in [3.05, 3.63) is 35.5 Å². The molecule has 0 unspecified atom stereocenters. The van der Waals surface area contributed by atoms with E-state index in [4.69, 9.17) is 10.3 Å². The van der Waals surface area contributed by atoms with Gasteiger partial charge in [-0.2, -0.15) is 4.98 Å². The highest BCUT2D eigenvalue weighted by Gasteiger charge is 2.24. The first-order chi connectivity index (χ1) is 11.1. The normalized spacial score (nSPS) is 14.1. The largest absolute Gasteiger partial charge is 0.398 e. The lowest BCUT2D eigenvalue weighted by molar-refractivity contribution is -0.118. The van der Waals surface area contributed by atoms with Gasteiger partial charge in [-0.05, 0) is 30.5 Å². The lowest BCUT2D eigenvalue weighted by Crippen LogP contribution is -2.35. The third-order valence-electron chi connectivity index (χ3n) is 4.14. The Bertz CT molecular complexity index is 708. The minimum atomic E-state index is 0.0702. The first-order valence-corrected chi connectivity index (χ1v) is 8.06. The predicted octanol–water partition coefficient (Wildman–Crippen LogP) is 2.69. The van der Waals surface area contributed by atoms with E-state index in [1.165, 1.54) is 0 Å². The summed E-state index contributed by atoms with van der Waals surface area (Å²) in [5.41, 5.74) is 8.81. The highest BCUT2D eigenvalue weighted by atomic mass is 16.5. The second-order valence-electron chi connectivity index (χ2n) is 6.19. The standard InChI is InChI=1S/C17H22N4O2/c1-11(2)17-19-15(23-20-17)8-9-16(22)21-10-4-5-12-13(18)6-3-7-14(12)21/h3,6-7,11H,4-5,8-10,18H2,1-2H3. The number of fused-ring (bicyclic) bond motifs is 1. The van der Waals surface area contributed by atoms with E-state index in [0.717, 1.165) is 36.3 Å². The molecular weight excluding hydrogens is 292 g/mol. The van der Waals surface area contributed by atoms with Crippen molar-refractivity contribution in [3.63, 3.8) is 0 Å². The maximum atomic E-state index is 12.6. The number of aryl methyl sites for hydroxylation is 1. The fraction of sp³-hybridized carbons (Fsp3) is 0.471. The number of nitrogens with two attached hydrogens (primary N) is 1. The highest BCUT2D eigenvalue weighted by Crippen LogP contribution is 2.31. The van der Waals surface area contributed by atoms with Crippen LogP contribution in [0.5, 0.6) is 0 Å². The van der Waals surface area contributed by atoms with Crippen molar-refractivity contribution in [2.24, 2.45) is 0 Å². The van der Waals surface area contributed by atoms with Gasteiger partial charge in [-0.1, -0.05) is 25.1 Å². The number of carbonyl (C=O) groups excluding carboxylic acids is 1. The molecule has 1 aliphatic rings. The minimum absolute atomic E-state index is 0.0702. The van der Waals surface area contributed by atoms with Gasteiger partial charge in [0.2, 0.25) is 11.8 Å². The average molecular weight is 314 g/mol. The van der Waals surface area contributed by atoms with Crippen LogP contribution in [-0.2, 0) is 17.6 Å². The van der Waals surface area contributed by atoms with Crippen LogP contribution in [-0.4, -0.2) is 22.6 Å². The molecule has 0 spiro atoms. The van der Waals surface area contributed by atoms with Gasteiger partial charge in [0.15, 0.2) is 5.82 Å². The third-order valence-corrected chi connectivity index (χ3v) is 4.14. The van der Waals surface area contributed by atoms with E-state index in [1.807, 2.05) is 36.9 Å². The molecule has 0 saturated carbocycles. The van der Waals surface area contributed by atoms with Gasteiger partial charge in [0.1, 0.15) is 0 Å². The number of amides is 1. The molecule has 1 aromatic carbocycles. The highest BCUT2D eigenvalue weighted by molar-refractivity contribution is 5.95. The second-order valence-corrected chi connectivity index (χ2v) is 6.19. The van der Waals surface area contributed by atoms with Crippen LogP contribution in [0, 0.1) is 0 Å². The lowest BCUT2D eigenvalue weighted by atomic mass is 9.99. The van der Waals surface area contributed by atoms with Crippen molar-refractivity contribution in [1.82, 2.24) is 10.1 Å². The van der Waals surface area contributed by atoms with Crippen LogP contribution in [0.15, 0.2) is 22.7 Å². The molecule has 0 saturated heterocycles. The molecule has 2 N–H and O–H groups in total. The van der Waals surface area contributed by atoms with Crippen LogP contribution in [0.3, 0.4) is 0 Å². The van der Waals surface area contributed by atoms with Crippen molar-refractivity contribution in [2.45, 2.75) is 45.4 Å². The summed E-state index contributed by atoms with van der Waals surface area (Å²) < 4.78 is 5.20. The summed E-state index contributed by atoms with van der Waals surface area (Å²) in [5.74, 6) is 1.50. The SMILES string of the molecule is CC(C)c1noc(CCC(=O)N2CCCc3c(N)cccc32)n1. The molecule has 2 heterocycles. The van der Waals surface area contributed by atoms with E-state index in [-0.39, 0.29) is 11.8 Å². The summed E-state index contributed by atoms with van der Waals surface area (Å²) >= 11 is 0. The zero-order chi connectivity index (χ0) is 16.4. The van der Waals surface area contributed by atoms with Crippen LogP contribution in [0.4, 0.5) is 11.4 Å². The molecule has 0 bridgehead atoms. The van der Waals surface area contributed by atoms with Crippen molar-refractivity contribution >= 4 is 17.3 Å². The minimum Gasteiger partial charge on any atom is -0.398 e. The molecule has 6 nitrogen and oxygen atoms in total. The summed E-state index contributed by atoms with van der Waals surface area (Å²) in [6, 6.07) is 5.75. The van der Waals surface area contributed by atoms with E-state index in [2.05, 4.69) is 10.1 Å². The fourth-order valence-electron chi connectivity index (χ4n) is 2.86. The van der Waals surface area contributed by atoms with Gasteiger partial charge in [0.25, 0.3) is 0 Å². The number of benzene rings is 1. The average Bonchev–Trinajstić information content (AvgIpc) is 3.02. The molecule has 0 atom stereocenters. The Hall–Kier alpha value is -2.37. The monoisotopic (exact) mass is 314 g/mol. The lowest BCUT2D eigenvalue weighted by Gasteiger charge is -2.30. The van der Waals surface area contributed by atoms with Gasteiger partial charge < -0.3 is 15.2 Å². The topological polar surface area (TPSA) is 85.2 Å². The van der Waals surface area contributed by atoms with Crippen molar-refractivity contribution < 1.29 is 9.32 Å². The molecule has 1 amide bonds. The first kappa shape index (κ1) is 15.5. The number of hydrogen-bond donors (Lipinski definition) is 1. The summed E-state index contributed by atoms with van der Waals surface area (Å²) in [5, 5.41) is 3.93. The number of nitrogens with zero attached hydrogens (tertiary/aromatic N) is 3. The van der Waals surface area contributed by atoms with Gasteiger partial charge in [0.05, 0.1) is 0 Å². The van der Waals surface area contributed by atoms with Crippen molar-refractivity contribution in [3.8, 4) is 0 Å². The number of hydrogen-bond acceptors (Lipinski definition) is 5. The third kappa shape index (κ3) is 3.21. The number of rotatable bonds is 4. The smallest absolute Gasteiger partial charge is 0.227 e. The molecule has 23 heavy (non-hydrogen) atoms. The molecular formula is C17H22N4O2. The van der Waals surface area contributed by atoms with Crippen LogP contribution < -0.4 is 10.6 Å². The summed E-state index contributed by atoms with van der Waals surface area (Å²) in [6.45, 7) is 4.75. The van der Waals surface area contributed by atoms with Gasteiger partial charge in [-0.15, -0.1) is 0 Å². The molecule has 6 heteroatoms. The number of nitrogen functional groups attached to an aromatic ring is 1. The maximum absolute atomic E-state index is 12.6. The Morgan fingerprint density at radius 1 is 1.43 bits per heavy atom.